The molecule has 9 heteroatoms. The zero-order chi connectivity index (χ0) is 9.28. The summed E-state index contributed by atoms with van der Waals surface area (Å²) in [5, 5.41) is 0. The van der Waals surface area contributed by atoms with Crippen LogP contribution in [0.4, 0.5) is 22.0 Å². The number of alkyl halides is 5. The quantitative estimate of drug-likeness (QED) is 0.524. The molecule has 0 radical (unpaired) electrons. The van der Waals surface area contributed by atoms with Crippen LogP contribution < -0.4 is 4.72 Å². The minimum Gasteiger partial charge on any atom is -0.203 e. The topological polar surface area (TPSA) is 46.2 Å². The highest BCUT2D eigenvalue weighted by Crippen LogP contribution is 2.21. The van der Waals surface area contributed by atoms with Crippen LogP contribution in [0.15, 0.2) is 0 Å². The zero-order valence-corrected chi connectivity index (χ0v) is 5.51. The molecule has 1 N–H and O–H groups in total. The van der Waals surface area contributed by atoms with E-state index in [1.807, 2.05) is 0 Å². The zero-order valence-electron chi connectivity index (χ0n) is 4.69. The molecule has 0 spiro atoms. The van der Waals surface area contributed by atoms with Crippen LogP contribution in [0.5, 0.6) is 0 Å². The van der Waals surface area contributed by atoms with Crippen LogP contribution in [0.2, 0.25) is 0 Å². The summed E-state index contributed by atoms with van der Waals surface area (Å²) in [6.45, 7) is -3.75. The Morgan fingerprint density at radius 1 is 1.18 bits per heavy atom. The smallest absolute Gasteiger partial charge is 0.203 e. The SMILES string of the molecule is O=S(=O)(NC(F)F)C(F)(F)F. The van der Waals surface area contributed by atoms with E-state index in [0.717, 1.165) is 0 Å². The van der Waals surface area contributed by atoms with Crippen LogP contribution in [-0.4, -0.2) is 20.5 Å². The van der Waals surface area contributed by atoms with Gasteiger partial charge >= 0.3 is 22.1 Å². The van der Waals surface area contributed by atoms with Crippen LogP contribution in [-0.2, 0) is 10.0 Å². The molecule has 68 valence electrons. The van der Waals surface area contributed by atoms with Gasteiger partial charge in [-0.05, 0) is 0 Å². The maximum absolute atomic E-state index is 11.2. The highest BCUT2D eigenvalue weighted by Gasteiger charge is 2.47. The van der Waals surface area contributed by atoms with Crippen LogP contribution in [0.25, 0.3) is 0 Å². The first-order valence-corrected chi connectivity index (χ1v) is 3.52. The first kappa shape index (κ1) is 10.6. The van der Waals surface area contributed by atoms with E-state index < -0.39 is 22.1 Å². The second kappa shape index (κ2) is 2.89. The molecule has 0 bridgehead atoms. The first-order chi connectivity index (χ1) is 4.67. The number of hydrogen-bond donors (Lipinski definition) is 1. The predicted molar refractivity (Wildman–Crippen MR) is 24.1 cm³/mol. The van der Waals surface area contributed by atoms with Gasteiger partial charge < -0.3 is 0 Å². The van der Waals surface area contributed by atoms with Gasteiger partial charge in [-0.2, -0.15) is 22.0 Å². The summed E-state index contributed by atoms with van der Waals surface area (Å²) in [5.74, 6) is 0. The second-order valence-electron chi connectivity index (χ2n) is 1.37. The summed E-state index contributed by atoms with van der Waals surface area (Å²) in [4.78, 5) is 0. The Morgan fingerprint density at radius 2 is 1.55 bits per heavy atom. The molecule has 0 saturated carbocycles. The van der Waals surface area contributed by atoms with Crippen molar-refractivity contribution in [3.8, 4) is 0 Å². The first-order valence-electron chi connectivity index (χ1n) is 2.03. The molecule has 0 fully saturated rings. The summed E-state index contributed by atoms with van der Waals surface area (Å²) in [6, 6.07) is 0. The maximum atomic E-state index is 11.2. The molecule has 0 aliphatic heterocycles. The van der Waals surface area contributed by atoms with Crippen LogP contribution in [0, 0.1) is 0 Å². The fourth-order valence-corrected chi connectivity index (χ4v) is 0.552. The molecule has 0 aromatic carbocycles. The number of nitrogens with one attached hydrogen (secondary N) is 1. The molecule has 0 aromatic rings. The van der Waals surface area contributed by atoms with E-state index in [4.69, 9.17) is 0 Å². The lowest BCUT2D eigenvalue weighted by Gasteiger charge is -2.07. The van der Waals surface area contributed by atoms with Gasteiger partial charge in [0.05, 0.1) is 0 Å². The van der Waals surface area contributed by atoms with E-state index in [0.29, 0.717) is 0 Å². The number of rotatable bonds is 2. The molecule has 0 rings (SSSR count). The van der Waals surface area contributed by atoms with Crippen molar-refractivity contribution in [2.45, 2.75) is 12.1 Å². The van der Waals surface area contributed by atoms with Crippen molar-refractivity contribution in [1.82, 2.24) is 4.72 Å². The van der Waals surface area contributed by atoms with Gasteiger partial charge in [0.2, 0.25) is 0 Å². The van der Waals surface area contributed by atoms with Crippen molar-refractivity contribution >= 4 is 10.0 Å². The van der Waals surface area contributed by atoms with E-state index >= 15 is 0 Å². The van der Waals surface area contributed by atoms with Gasteiger partial charge in [-0.1, -0.05) is 0 Å². The minimum atomic E-state index is -5.90. The minimum absolute atomic E-state index is 0.0729. The fourth-order valence-electron chi connectivity index (χ4n) is 0.184. The van der Waals surface area contributed by atoms with Crippen LogP contribution in [0.3, 0.4) is 0 Å². The van der Waals surface area contributed by atoms with E-state index in [2.05, 4.69) is 0 Å². The van der Waals surface area contributed by atoms with E-state index in [1.54, 1.807) is 0 Å². The lowest BCUT2D eigenvalue weighted by molar-refractivity contribution is -0.0471. The van der Waals surface area contributed by atoms with E-state index in [1.165, 1.54) is 0 Å². The largest absolute Gasteiger partial charge is 0.511 e. The van der Waals surface area contributed by atoms with Gasteiger partial charge in [-0.25, -0.2) is 8.42 Å². The third kappa shape index (κ3) is 2.97. The summed E-state index contributed by atoms with van der Waals surface area (Å²) in [7, 11) is -5.90. The fraction of sp³-hybridized carbons (Fsp3) is 1.00. The van der Waals surface area contributed by atoms with Gasteiger partial charge in [0, 0.05) is 0 Å². The number of sulfonamides is 1. The van der Waals surface area contributed by atoms with Crippen molar-refractivity contribution < 1.29 is 30.4 Å². The Kier molecular flexibility index (Phi) is 2.78. The van der Waals surface area contributed by atoms with Crippen molar-refractivity contribution in [3.63, 3.8) is 0 Å². The molecule has 0 aromatic heterocycles. The van der Waals surface area contributed by atoms with Crippen LogP contribution in [0.1, 0.15) is 0 Å². The molecule has 0 atom stereocenters. The Morgan fingerprint density at radius 3 is 1.64 bits per heavy atom. The molecule has 0 heterocycles. The summed E-state index contributed by atoms with van der Waals surface area (Å²) < 4.78 is 75.3. The molecule has 0 saturated heterocycles. The highest BCUT2D eigenvalue weighted by molar-refractivity contribution is 7.90. The summed E-state index contributed by atoms with van der Waals surface area (Å²) in [5.41, 5.74) is -5.69. The third-order valence-corrected chi connectivity index (χ3v) is 1.65. The van der Waals surface area contributed by atoms with E-state index in [9.17, 15) is 30.4 Å². The molecular formula is C2H2F5NO2S. The summed E-state index contributed by atoms with van der Waals surface area (Å²) >= 11 is 0. The normalized spacial score (nSPS) is 14.0. The standard InChI is InChI=1S/C2H2F5NO2S/c3-1(4)8-11(9,10)2(5,6)7/h1,8H. The summed E-state index contributed by atoms with van der Waals surface area (Å²) in [6.07, 6.45) is 0. The molecular weight excluding hydrogens is 197 g/mol. The maximum Gasteiger partial charge on any atom is 0.511 e. The average Bonchev–Trinajstić information content (AvgIpc) is 1.56. The average molecular weight is 199 g/mol. The van der Waals surface area contributed by atoms with Crippen LogP contribution >= 0.6 is 0 Å². The highest BCUT2D eigenvalue weighted by atomic mass is 32.2. The Bertz CT molecular complexity index is 217. The number of halogens is 5. The molecule has 0 unspecified atom stereocenters. The molecule has 3 nitrogen and oxygen atoms in total. The monoisotopic (exact) mass is 199 g/mol. The molecule has 0 amide bonds. The van der Waals surface area contributed by atoms with Gasteiger partial charge in [0.25, 0.3) is 0 Å². The van der Waals surface area contributed by atoms with Gasteiger partial charge in [-0.3, -0.25) is 0 Å². The van der Waals surface area contributed by atoms with Gasteiger partial charge in [0.15, 0.2) is 0 Å². The predicted octanol–water partition coefficient (Wildman–Crippen LogP) is 0.648. The van der Waals surface area contributed by atoms with Crippen molar-refractivity contribution in [2.75, 3.05) is 0 Å². The lowest BCUT2D eigenvalue weighted by Crippen LogP contribution is -2.39. The van der Waals surface area contributed by atoms with Gasteiger partial charge in [0.1, 0.15) is 0 Å². The molecule has 0 aliphatic rings. The van der Waals surface area contributed by atoms with Crippen molar-refractivity contribution in [2.24, 2.45) is 0 Å². The van der Waals surface area contributed by atoms with Crippen molar-refractivity contribution in [3.05, 3.63) is 0 Å². The number of hydrogen-bond acceptors (Lipinski definition) is 2. The van der Waals surface area contributed by atoms with E-state index in [-0.39, 0.29) is 4.72 Å². The Hall–Kier alpha value is -0.440. The Labute approximate surface area is 58.2 Å². The lowest BCUT2D eigenvalue weighted by atomic mass is 11.4. The molecule has 11 heavy (non-hydrogen) atoms. The third-order valence-electron chi connectivity index (χ3n) is 0.549. The second-order valence-corrected chi connectivity index (χ2v) is 3.07. The molecule has 0 aliphatic carbocycles. The van der Waals surface area contributed by atoms with Crippen molar-refractivity contribution in [1.29, 1.82) is 0 Å². The van der Waals surface area contributed by atoms with Gasteiger partial charge in [-0.15, -0.1) is 4.72 Å². The Balaban J connectivity index is 4.51.